The quantitative estimate of drug-likeness (QED) is 0.313. The molecule has 1 aliphatic heterocycles. The van der Waals surface area contributed by atoms with Crippen molar-refractivity contribution in [1.82, 2.24) is 40.4 Å². The van der Waals surface area contributed by atoms with Crippen LogP contribution in [0.2, 0.25) is 0 Å². The number of nitrogens with one attached hydrogen (secondary N) is 2. The number of hydrogen-bond donors (Lipinski definition) is 2. The molecule has 3 aromatic rings. The van der Waals surface area contributed by atoms with E-state index in [0.717, 1.165) is 31.7 Å². The number of fused-ring (bicyclic) bond motifs is 1. The predicted molar refractivity (Wildman–Crippen MR) is 133 cm³/mol. The fourth-order valence-electron chi connectivity index (χ4n) is 4.00. The number of alkyl halides is 5. The van der Waals surface area contributed by atoms with Gasteiger partial charge in [-0.05, 0) is 29.2 Å². The SMILES string of the molecule is [2H]C1([2H])NC(=O)N(C(COC)c2cnn3cc(C(CCC(C)(C)C(F)(F)F)NC(=O)c4nonc4OC)nc3c2)C([2H])([2H])C1(F)F. The minimum absolute atomic E-state index is 0.0244. The van der Waals surface area contributed by atoms with Gasteiger partial charge in [0.2, 0.25) is 5.69 Å². The van der Waals surface area contributed by atoms with Crippen LogP contribution in [0.3, 0.4) is 0 Å². The molecule has 1 saturated heterocycles. The normalized spacial score (nSPS) is 21.0. The number of carbonyl (C=O) groups excluding carboxylic acids is 2. The topological polar surface area (TPSA) is 149 Å². The van der Waals surface area contributed by atoms with Crippen LogP contribution >= 0.6 is 0 Å². The zero-order valence-corrected chi connectivity index (χ0v) is 22.6. The van der Waals surface area contributed by atoms with Gasteiger partial charge in [-0.25, -0.2) is 27.7 Å². The number of methoxy groups -OCH3 is 2. The first-order valence-corrected chi connectivity index (χ1v) is 12.3. The molecule has 2 N–H and O–H groups in total. The number of aromatic nitrogens is 5. The molecule has 13 nitrogen and oxygen atoms in total. The third-order valence-corrected chi connectivity index (χ3v) is 6.54. The summed E-state index contributed by atoms with van der Waals surface area (Å²) in [5, 5.41) is 15.0. The molecule has 2 unspecified atom stereocenters. The van der Waals surface area contributed by atoms with E-state index in [1.54, 1.807) is 0 Å². The second-order valence-electron chi connectivity index (χ2n) is 9.91. The predicted octanol–water partition coefficient (Wildman–Crippen LogP) is 3.31. The zero-order chi connectivity index (χ0) is 34.5. The van der Waals surface area contributed by atoms with E-state index in [4.69, 9.17) is 15.0 Å². The number of ether oxygens (including phenoxy) is 2. The molecule has 3 amide bonds. The maximum Gasteiger partial charge on any atom is 0.393 e. The van der Waals surface area contributed by atoms with Crippen molar-refractivity contribution < 1.29 is 51.1 Å². The van der Waals surface area contributed by atoms with Gasteiger partial charge in [0.15, 0.2) is 5.65 Å². The number of hydrogen-bond acceptors (Lipinski definition) is 9. The van der Waals surface area contributed by atoms with E-state index in [9.17, 15) is 31.5 Å². The summed E-state index contributed by atoms with van der Waals surface area (Å²) < 4.78 is 117. The lowest BCUT2D eigenvalue weighted by Crippen LogP contribution is -2.58. The van der Waals surface area contributed by atoms with E-state index >= 15 is 0 Å². The van der Waals surface area contributed by atoms with Crippen LogP contribution in [0.1, 0.15) is 66.0 Å². The van der Waals surface area contributed by atoms with E-state index in [0.29, 0.717) is 0 Å². The van der Waals surface area contributed by atoms with Crippen LogP contribution in [-0.4, -0.2) is 87.7 Å². The Morgan fingerprint density at radius 3 is 2.71 bits per heavy atom. The molecule has 3 aromatic heterocycles. The van der Waals surface area contributed by atoms with Crippen molar-refractivity contribution in [1.29, 1.82) is 0 Å². The molecule has 0 spiro atoms. The first kappa shape index (κ1) is 25.6. The molecule has 1 aliphatic rings. The molecule has 230 valence electrons. The molecule has 42 heavy (non-hydrogen) atoms. The molecule has 0 aliphatic carbocycles. The average molecular weight is 609 g/mol. The standard InChI is InChI=1S/C24H29F5N8O5/c1-22(2,24(27,28)29)6-5-14(33-19(38)18-20(41-4)35-42-34-18)15-9-37-17(32-15)7-13(8-31-37)16(10-40-3)36-12-23(25,26)11-30-21(36)39/h7-9,14,16H,5-6,10-12H2,1-4H3,(H,30,39)(H,33,38)/i11D2,12D2. The summed E-state index contributed by atoms with van der Waals surface area (Å²) in [5.41, 5.74) is -2.60. The molecule has 4 rings (SSSR count). The smallest absolute Gasteiger partial charge is 0.393 e. The molecule has 2 atom stereocenters. The zero-order valence-electron chi connectivity index (χ0n) is 26.6. The highest BCUT2D eigenvalue weighted by atomic mass is 19.4. The number of imidazole rings is 1. The van der Waals surface area contributed by atoms with Gasteiger partial charge in [0, 0.05) is 12.7 Å². The maximum atomic E-state index is 14.9. The number of carbonyl (C=O) groups is 2. The highest BCUT2D eigenvalue weighted by molar-refractivity contribution is 5.94. The van der Waals surface area contributed by atoms with E-state index < -0.39 is 67.6 Å². The summed E-state index contributed by atoms with van der Waals surface area (Å²) in [6, 6.07) is -2.98. The van der Waals surface area contributed by atoms with Crippen LogP contribution in [0.25, 0.3) is 5.65 Å². The minimum atomic E-state index is -4.71. The monoisotopic (exact) mass is 608 g/mol. The third kappa shape index (κ3) is 6.52. The molecule has 0 saturated carbocycles. The van der Waals surface area contributed by atoms with Crippen LogP contribution in [0.5, 0.6) is 5.88 Å². The second-order valence-corrected chi connectivity index (χ2v) is 9.91. The van der Waals surface area contributed by atoms with Gasteiger partial charge in [0.05, 0.1) is 67.8 Å². The van der Waals surface area contributed by atoms with Crippen molar-refractivity contribution >= 4 is 17.6 Å². The number of halogens is 5. The third-order valence-electron chi connectivity index (χ3n) is 6.54. The Labute approximate surface area is 241 Å². The van der Waals surface area contributed by atoms with Crippen LogP contribution in [-0.2, 0) is 4.74 Å². The van der Waals surface area contributed by atoms with Crippen molar-refractivity contribution in [3.63, 3.8) is 0 Å². The van der Waals surface area contributed by atoms with Crippen molar-refractivity contribution in [3.05, 3.63) is 35.4 Å². The molecule has 4 heterocycles. The van der Waals surface area contributed by atoms with Gasteiger partial charge in [-0.3, -0.25) is 4.79 Å². The van der Waals surface area contributed by atoms with Crippen molar-refractivity contribution in [2.75, 3.05) is 33.8 Å². The van der Waals surface area contributed by atoms with Gasteiger partial charge in [-0.2, -0.15) is 18.3 Å². The Morgan fingerprint density at radius 2 is 2.05 bits per heavy atom. The summed E-state index contributed by atoms with van der Waals surface area (Å²) in [6.45, 7) is -6.10. The first-order chi connectivity index (χ1) is 21.2. The minimum Gasteiger partial charge on any atom is -0.477 e. The lowest BCUT2D eigenvalue weighted by molar-refractivity contribution is -0.214. The van der Waals surface area contributed by atoms with Crippen molar-refractivity contribution in [3.8, 4) is 5.88 Å². The van der Waals surface area contributed by atoms with Crippen molar-refractivity contribution in [2.45, 2.75) is 50.9 Å². The lowest BCUT2D eigenvalue weighted by Gasteiger charge is -2.38. The highest BCUT2D eigenvalue weighted by Crippen LogP contribution is 2.42. The van der Waals surface area contributed by atoms with Gasteiger partial charge in [0.25, 0.3) is 17.7 Å². The highest BCUT2D eigenvalue weighted by Gasteiger charge is 2.47. The number of nitrogens with zero attached hydrogens (tertiary/aromatic N) is 6. The summed E-state index contributed by atoms with van der Waals surface area (Å²) in [5.74, 6) is -5.90. The molecule has 1 fully saturated rings. The van der Waals surface area contributed by atoms with E-state index in [2.05, 4.69) is 30.3 Å². The fourth-order valence-corrected chi connectivity index (χ4v) is 4.00. The van der Waals surface area contributed by atoms with Gasteiger partial charge in [-0.1, -0.05) is 13.8 Å². The maximum absolute atomic E-state index is 14.9. The van der Waals surface area contributed by atoms with Gasteiger partial charge in [0.1, 0.15) is 0 Å². The van der Waals surface area contributed by atoms with E-state index in [1.807, 2.05) is 0 Å². The largest absolute Gasteiger partial charge is 0.477 e. The average Bonchev–Trinajstić information content (AvgIpc) is 3.60. The summed E-state index contributed by atoms with van der Waals surface area (Å²) in [7, 11) is 2.36. The van der Waals surface area contributed by atoms with Gasteiger partial charge in [-0.15, -0.1) is 0 Å². The van der Waals surface area contributed by atoms with E-state index in [1.165, 1.54) is 24.7 Å². The van der Waals surface area contributed by atoms with Crippen LogP contribution in [0, 0.1) is 5.41 Å². The Balaban J connectivity index is 1.72. The lowest BCUT2D eigenvalue weighted by atomic mass is 9.85. The Kier molecular flexibility index (Phi) is 7.10. The van der Waals surface area contributed by atoms with Crippen LogP contribution < -0.4 is 15.4 Å². The molecular formula is C24H29F5N8O5. The van der Waals surface area contributed by atoms with Crippen LogP contribution in [0.15, 0.2) is 23.1 Å². The van der Waals surface area contributed by atoms with Crippen molar-refractivity contribution in [2.24, 2.45) is 5.41 Å². The Hall–Kier alpha value is -4.09. The number of rotatable bonds is 11. The molecule has 0 aromatic carbocycles. The molecule has 18 heteroatoms. The van der Waals surface area contributed by atoms with Gasteiger partial charge >= 0.3 is 12.2 Å². The van der Waals surface area contributed by atoms with E-state index in [-0.39, 0.29) is 39.8 Å². The number of urea groups is 1. The summed E-state index contributed by atoms with van der Waals surface area (Å²) >= 11 is 0. The molecule has 0 bridgehead atoms. The summed E-state index contributed by atoms with van der Waals surface area (Å²) in [6.07, 6.45) is -2.92. The van der Waals surface area contributed by atoms with Gasteiger partial charge < -0.3 is 25.0 Å². The summed E-state index contributed by atoms with van der Waals surface area (Å²) in [4.78, 5) is 30.2. The molecule has 0 radical (unpaired) electrons. The number of amides is 3. The Bertz CT molecular complexity index is 1600. The fraction of sp³-hybridized carbons (Fsp3) is 0.583. The second kappa shape index (κ2) is 11.7. The van der Waals surface area contributed by atoms with Crippen LogP contribution in [0.4, 0.5) is 26.7 Å². The molecular weight excluding hydrogens is 575 g/mol. The first-order valence-electron chi connectivity index (χ1n) is 14.3. The Morgan fingerprint density at radius 1 is 1.31 bits per heavy atom.